The SMILES string of the molecule is OCc1ccc(CN[C@@H]2CC[C@H](c3cccc(F)c3)C2)o1. The number of hydrogen-bond acceptors (Lipinski definition) is 3. The summed E-state index contributed by atoms with van der Waals surface area (Å²) in [4.78, 5) is 0. The Labute approximate surface area is 123 Å². The molecule has 2 N–H and O–H groups in total. The van der Waals surface area contributed by atoms with E-state index in [4.69, 9.17) is 9.52 Å². The summed E-state index contributed by atoms with van der Waals surface area (Å²) in [5.74, 6) is 1.71. The highest BCUT2D eigenvalue weighted by Gasteiger charge is 2.25. The summed E-state index contributed by atoms with van der Waals surface area (Å²) in [6, 6.07) is 11.0. The average molecular weight is 289 g/mol. The van der Waals surface area contributed by atoms with Gasteiger partial charge >= 0.3 is 0 Å². The van der Waals surface area contributed by atoms with Crippen molar-refractivity contribution in [3.63, 3.8) is 0 Å². The van der Waals surface area contributed by atoms with Gasteiger partial charge in [0.1, 0.15) is 23.9 Å². The first-order valence-corrected chi connectivity index (χ1v) is 7.42. The highest BCUT2D eigenvalue weighted by atomic mass is 19.1. The Bertz CT molecular complexity index is 596. The lowest BCUT2D eigenvalue weighted by Crippen LogP contribution is -2.25. The van der Waals surface area contributed by atoms with Crippen LogP contribution in [-0.4, -0.2) is 11.1 Å². The van der Waals surface area contributed by atoms with E-state index in [0.717, 1.165) is 30.6 Å². The van der Waals surface area contributed by atoms with Crippen molar-refractivity contribution in [2.45, 2.75) is 44.4 Å². The minimum atomic E-state index is -0.156. The maximum absolute atomic E-state index is 13.3. The molecule has 1 aromatic heterocycles. The number of nitrogens with one attached hydrogen (secondary N) is 1. The van der Waals surface area contributed by atoms with Gasteiger partial charge in [-0.3, -0.25) is 0 Å². The smallest absolute Gasteiger partial charge is 0.129 e. The van der Waals surface area contributed by atoms with E-state index < -0.39 is 0 Å². The number of benzene rings is 1. The molecule has 0 radical (unpaired) electrons. The standard InChI is InChI=1S/C17H20FNO2/c18-14-3-1-2-12(8-14)13-4-5-15(9-13)19-10-16-6-7-17(11-20)21-16/h1-3,6-8,13,15,19-20H,4-5,9-11H2/t13-,15+/m0/s1. The second-order valence-corrected chi connectivity index (χ2v) is 5.67. The predicted molar refractivity (Wildman–Crippen MR) is 78.3 cm³/mol. The van der Waals surface area contributed by atoms with Gasteiger partial charge in [0.15, 0.2) is 0 Å². The molecule has 3 nitrogen and oxygen atoms in total. The zero-order valence-electron chi connectivity index (χ0n) is 11.9. The molecular formula is C17H20FNO2. The Hall–Kier alpha value is -1.65. The first-order chi connectivity index (χ1) is 10.2. The van der Waals surface area contributed by atoms with Crippen LogP contribution in [0.25, 0.3) is 0 Å². The lowest BCUT2D eigenvalue weighted by atomic mass is 9.97. The van der Waals surface area contributed by atoms with Crippen molar-refractivity contribution in [1.29, 1.82) is 0 Å². The van der Waals surface area contributed by atoms with Crippen LogP contribution in [0.4, 0.5) is 4.39 Å². The average Bonchev–Trinajstić information content (AvgIpc) is 3.14. The normalized spacial score (nSPS) is 21.8. The van der Waals surface area contributed by atoms with Crippen molar-refractivity contribution in [3.8, 4) is 0 Å². The summed E-state index contributed by atoms with van der Waals surface area (Å²) in [6.45, 7) is 0.603. The van der Waals surface area contributed by atoms with Gasteiger partial charge in [-0.05, 0) is 55.0 Å². The number of rotatable bonds is 5. The third kappa shape index (κ3) is 3.52. The van der Waals surface area contributed by atoms with Crippen LogP contribution >= 0.6 is 0 Å². The van der Waals surface area contributed by atoms with Gasteiger partial charge in [-0.1, -0.05) is 12.1 Å². The fourth-order valence-electron chi connectivity index (χ4n) is 3.08. The molecule has 0 bridgehead atoms. The number of aliphatic hydroxyl groups excluding tert-OH is 1. The van der Waals surface area contributed by atoms with Crippen molar-refractivity contribution in [2.75, 3.05) is 0 Å². The molecule has 112 valence electrons. The second kappa shape index (κ2) is 6.41. The van der Waals surface area contributed by atoms with Crippen molar-refractivity contribution < 1.29 is 13.9 Å². The van der Waals surface area contributed by atoms with E-state index in [1.165, 1.54) is 6.07 Å². The van der Waals surface area contributed by atoms with Gasteiger partial charge in [0, 0.05) is 6.04 Å². The molecule has 4 heteroatoms. The van der Waals surface area contributed by atoms with Crippen molar-refractivity contribution in [1.82, 2.24) is 5.32 Å². The molecule has 3 rings (SSSR count). The van der Waals surface area contributed by atoms with Gasteiger partial charge in [0.2, 0.25) is 0 Å². The zero-order valence-corrected chi connectivity index (χ0v) is 11.9. The van der Waals surface area contributed by atoms with E-state index in [-0.39, 0.29) is 12.4 Å². The first kappa shape index (κ1) is 14.3. The van der Waals surface area contributed by atoms with Gasteiger partial charge in [0.25, 0.3) is 0 Å². The van der Waals surface area contributed by atoms with E-state index >= 15 is 0 Å². The number of aliphatic hydroxyl groups is 1. The third-order valence-electron chi connectivity index (χ3n) is 4.19. The topological polar surface area (TPSA) is 45.4 Å². The minimum absolute atomic E-state index is 0.0644. The van der Waals surface area contributed by atoms with Gasteiger partial charge in [-0.15, -0.1) is 0 Å². The van der Waals surface area contributed by atoms with Gasteiger partial charge in [0.05, 0.1) is 6.54 Å². The summed E-state index contributed by atoms with van der Waals surface area (Å²) in [7, 11) is 0. The molecule has 1 aliphatic rings. The van der Waals surface area contributed by atoms with Crippen LogP contribution < -0.4 is 5.32 Å². The van der Waals surface area contributed by atoms with E-state index in [1.807, 2.05) is 12.1 Å². The second-order valence-electron chi connectivity index (χ2n) is 5.67. The third-order valence-corrected chi connectivity index (χ3v) is 4.19. The highest BCUT2D eigenvalue weighted by molar-refractivity contribution is 5.22. The Morgan fingerprint density at radius 1 is 1.19 bits per heavy atom. The van der Waals surface area contributed by atoms with Crippen LogP contribution in [0, 0.1) is 5.82 Å². The van der Waals surface area contributed by atoms with Crippen molar-refractivity contribution in [2.24, 2.45) is 0 Å². The maximum Gasteiger partial charge on any atom is 0.129 e. The van der Waals surface area contributed by atoms with E-state index in [2.05, 4.69) is 5.32 Å². The largest absolute Gasteiger partial charge is 0.462 e. The molecular weight excluding hydrogens is 269 g/mol. The predicted octanol–water partition coefficient (Wildman–Crippen LogP) is 3.34. The Morgan fingerprint density at radius 2 is 2.05 bits per heavy atom. The fourth-order valence-corrected chi connectivity index (χ4v) is 3.08. The van der Waals surface area contributed by atoms with E-state index in [0.29, 0.717) is 24.3 Å². The molecule has 2 atom stereocenters. The molecule has 0 amide bonds. The van der Waals surface area contributed by atoms with E-state index in [1.54, 1.807) is 18.2 Å². The van der Waals surface area contributed by atoms with Crippen LogP contribution in [0.3, 0.4) is 0 Å². The van der Waals surface area contributed by atoms with Gasteiger partial charge in [-0.25, -0.2) is 4.39 Å². The number of halogens is 1. The molecule has 21 heavy (non-hydrogen) atoms. The molecule has 0 spiro atoms. The van der Waals surface area contributed by atoms with Crippen molar-refractivity contribution >= 4 is 0 Å². The molecule has 2 aromatic rings. The molecule has 0 aliphatic heterocycles. The highest BCUT2D eigenvalue weighted by Crippen LogP contribution is 2.34. The van der Waals surface area contributed by atoms with Gasteiger partial charge < -0.3 is 14.8 Å². The summed E-state index contributed by atoms with van der Waals surface area (Å²) in [6.07, 6.45) is 3.20. The van der Waals surface area contributed by atoms with Crippen LogP contribution in [0.5, 0.6) is 0 Å². The first-order valence-electron chi connectivity index (χ1n) is 7.42. The Kier molecular flexibility index (Phi) is 4.36. The molecule has 0 saturated heterocycles. The fraction of sp³-hybridized carbons (Fsp3) is 0.412. The van der Waals surface area contributed by atoms with E-state index in [9.17, 15) is 4.39 Å². The Balaban J connectivity index is 1.52. The van der Waals surface area contributed by atoms with Crippen LogP contribution in [0.15, 0.2) is 40.8 Å². The van der Waals surface area contributed by atoms with Gasteiger partial charge in [-0.2, -0.15) is 0 Å². The molecule has 0 unspecified atom stereocenters. The summed E-state index contributed by atoms with van der Waals surface area (Å²) < 4.78 is 18.7. The summed E-state index contributed by atoms with van der Waals surface area (Å²) in [5.41, 5.74) is 1.10. The number of hydrogen-bond donors (Lipinski definition) is 2. The lowest BCUT2D eigenvalue weighted by molar-refractivity contribution is 0.242. The monoisotopic (exact) mass is 289 g/mol. The van der Waals surface area contributed by atoms with Crippen molar-refractivity contribution in [3.05, 3.63) is 59.3 Å². The summed E-state index contributed by atoms with van der Waals surface area (Å²) in [5, 5.41) is 12.4. The zero-order chi connectivity index (χ0) is 14.7. The van der Waals surface area contributed by atoms with Crippen LogP contribution in [0.1, 0.15) is 42.3 Å². The molecule has 1 fully saturated rings. The Morgan fingerprint density at radius 3 is 2.81 bits per heavy atom. The molecule has 1 saturated carbocycles. The lowest BCUT2D eigenvalue weighted by Gasteiger charge is -2.13. The van der Waals surface area contributed by atoms with Crippen LogP contribution in [-0.2, 0) is 13.2 Å². The number of furan rings is 1. The quantitative estimate of drug-likeness (QED) is 0.887. The molecule has 1 aliphatic carbocycles. The maximum atomic E-state index is 13.3. The molecule has 1 aromatic carbocycles. The molecule has 1 heterocycles. The minimum Gasteiger partial charge on any atom is -0.462 e. The van der Waals surface area contributed by atoms with Crippen LogP contribution in [0.2, 0.25) is 0 Å². The summed E-state index contributed by atoms with van der Waals surface area (Å²) >= 11 is 0.